The first-order chi connectivity index (χ1) is 29.3. The highest BCUT2D eigenvalue weighted by Gasteiger charge is 2.53. The van der Waals surface area contributed by atoms with E-state index in [0.717, 1.165) is 22.7 Å². The lowest BCUT2D eigenvalue weighted by molar-refractivity contribution is 0.809. The van der Waals surface area contributed by atoms with Crippen molar-refractivity contribution in [1.82, 2.24) is 4.57 Å². The highest BCUT2D eigenvalue weighted by molar-refractivity contribution is 6.12. The van der Waals surface area contributed by atoms with Crippen molar-refractivity contribution >= 4 is 60.4 Å². The highest BCUT2D eigenvalue weighted by atomic mass is 15.1. The maximum absolute atomic E-state index is 2.42. The number of benzene rings is 10. The molecule has 1 aromatic heterocycles. The van der Waals surface area contributed by atoms with Gasteiger partial charge in [-0.3, -0.25) is 0 Å². The Balaban J connectivity index is 1.06. The van der Waals surface area contributed by atoms with Gasteiger partial charge in [0.1, 0.15) is 0 Å². The summed E-state index contributed by atoms with van der Waals surface area (Å²) in [6, 6.07) is 81.0. The summed E-state index contributed by atoms with van der Waals surface area (Å²) in [6.07, 6.45) is 0. The molecule has 0 unspecified atom stereocenters. The minimum Gasteiger partial charge on any atom is -0.310 e. The van der Waals surface area contributed by atoms with Gasteiger partial charge in [0.2, 0.25) is 0 Å². The molecule has 1 heterocycles. The molecule has 0 N–H and O–H groups in total. The van der Waals surface area contributed by atoms with Crippen molar-refractivity contribution in [3.63, 3.8) is 0 Å². The molecule has 0 saturated carbocycles. The summed E-state index contributed by atoms with van der Waals surface area (Å²) >= 11 is 0. The van der Waals surface area contributed by atoms with Crippen LogP contribution < -0.4 is 4.90 Å². The molecule has 0 fully saturated rings. The van der Waals surface area contributed by atoms with E-state index in [9.17, 15) is 0 Å². The predicted octanol–water partition coefficient (Wildman–Crippen LogP) is 14.9. The molecule has 0 radical (unpaired) electrons. The van der Waals surface area contributed by atoms with Gasteiger partial charge in [-0.15, -0.1) is 0 Å². The van der Waals surface area contributed by atoms with Crippen LogP contribution in [0.25, 0.3) is 71.3 Å². The Kier molecular flexibility index (Phi) is 6.68. The molecule has 13 rings (SSSR count). The minimum atomic E-state index is -0.461. The Hall–Kier alpha value is -7.68. The molecule has 59 heavy (non-hydrogen) atoms. The quantitative estimate of drug-likeness (QED) is 0.174. The molecule has 2 aliphatic rings. The number of rotatable bonds is 4. The Bertz CT molecular complexity index is 3460. The van der Waals surface area contributed by atoms with Crippen molar-refractivity contribution in [2.75, 3.05) is 4.90 Å². The van der Waals surface area contributed by atoms with Crippen molar-refractivity contribution in [3.8, 4) is 27.9 Å². The lowest BCUT2D eigenvalue weighted by atomic mass is 9.68. The Labute approximate surface area is 342 Å². The van der Waals surface area contributed by atoms with Crippen molar-refractivity contribution < 1.29 is 0 Å². The molecule has 1 spiro atoms. The largest absolute Gasteiger partial charge is 0.310 e. The number of fused-ring (bicyclic) bond motifs is 17. The summed E-state index contributed by atoms with van der Waals surface area (Å²) in [4.78, 5) is 2.42. The van der Waals surface area contributed by atoms with E-state index in [1.807, 2.05) is 0 Å². The van der Waals surface area contributed by atoms with E-state index in [0.29, 0.717) is 0 Å². The molecule has 2 nitrogen and oxygen atoms in total. The third-order valence-electron chi connectivity index (χ3n) is 13.1. The van der Waals surface area contributed by atoms with E-state index < -0.39 is 5.41 Å². The molecular weight excluding hydrogens is 713 g/mol. The van der Waals surface area contributed by atoms with Crippen LogP contribution in [0.3, 0.4) is 0 Å². The van der Waals surface area contributed by atoms with Crippen LogP contribution in [0.2, 0.25) is 0 Å². The normalized spacial score (nSPS) is 13.2. The van der Waals surface area contributed by atoms with Crippen LogP contribution in [0.5, 0.6) is 0 Å². The Morgan fingerprint density at radius 2 is 0.864 bits per heavy atom. The zero-order chi connectivity index (χ0) is 38.7. The molecule has 274 valence electrons. The number of para-hydroxylation sites is 3. The summed E-state index contributed by atoms with van der Waals surface area (Å²) in [6.45, 7) is 0. The van der Waals surface area contributed by atoms with Gasteiger partial charge in [-0.1, -0.05) is 158 Å². The van der Waals surface area contributed by atoms with Crippen LogP contribution in [0.15, 0.2) is 218 Å². The van der Waals surface area contributed by atoms with Crippen LogP contribution in [0, 0.1) is 0 Å². The van der Waals surface area contributed by atoms with E-state index in [1.165, 1.54) is 87.9 Å². The van der Waals surface area contributed by atoms with Crippen molar-refractivity contribution in [2.24, 2.45) is 0 Å². The number of nitrogens with zero attached hydrogens (tertiary/aromatic N) is 2. The van der Waals surface area contributed by atoms with E-state index in [2.05, 4.69) is 228 Å². The zero-order valence-corrected chi connectivity index (χ0v) is 32.2. The molecule has 0 bridgehead atoms. The maximum atomic E-state index is 2.42. The lowest BCUT2D eigenvalue weighted by Crippen LogP contribution is -2.26. The second kappa shape index (κ2) is 12.2. The second-order valence-corrected chi connectivity index (χ2v) is 16.0. The molecule has 0 saturated heterocycles. The molecule has 2 aliphatic carbocycles. The number of hydrogen-bond acceptors (Lipinski definition) is 1. The summed E-state index contributed by atoms with van der Waals surface area (Å²) in [5.41, 5.74) is 17.2. The molecular formula is C57H36N2. The van der Waals surface area contributed by atoms with Gasteiger partial charge in [0.05, 0.1) is 16.4 Å². The van der Waals surface area contributed by atoms with Gasteiger partial charge in [0.15, 0.2) is 0 Å². The Morgan fingerprint density at radius 1 is 0.322 bits per heavy atom. The topological polar surface area (TPSA) is 8.17 Å². The van der Waals surface area contributed by atoms with Crippen LogP contribution in [-0.2, 0) is 5.41 Å². The fourth-order valence-electron chi connectivity index (χ4n) is 10.9. The van der Waals surface area contributed by atoms with E-state index in [4.69, 9.17) is 0 Å². The SMILES string of the molecule is c1ccc(N(c2ccc3c4c(ccc3c2)-c2ccc3ccccc3c2C42c3ccccc3-c3ccccc32)c2ccc3c(c2)c2ccccc2n3-c2ccccc2)cc1. The Morgan fingerprint density at radius 3 is 1.61 bits per heavy atom. The standard InChI is InChI=1S/C57H36N2/c1-3-16-39(17-4-1)58(42-30-34-54-50(36-42)47-23-11-14-26-53(47)59(54)40-18-5-2-6-19-40)41-29-33-44-38(35-41)28-32-49-48-31-27-37-15-7-8-20-43(37)55(48)57(56(44)49)51-24-12-9-21-45(51)46-22-10-13-25-52(46)57/h1-36H. The first-order valence-corrected chi connectivity index (χ1v) is 20.5. The lowest BCUT2D eigenvalue weighted by Gasteiger charge is -2.32. The second-order valence-electron chi connectivity index (χ2n) is 16.0. The highest BCUT2D eigenvalue weighted by Crippen LogP contribution is 2.65. The zero-order valence-electron chi connectivity index (χ0n) is 32.2. The van der Waals surface area contributed by atoms with Crippen molar-refractivity contribution in [1.29, 1.82) is 0 Å². The molecule has 0 amide bonds. The summed E-state index contributed by atoms with van der Waals surface area (Å²) < 4.78 is 2.38. The van der Waals surface area contributed by atoms with Gasteiger partial charge in [0, 0.05) is 33.5 Å². The minimum absolute atomic E-state index is 0.461. The number of aromatic nitrogens is 1. The van der Waals surface area contributed by atoms with Crippen LogP contribution in [0.1, 0.15) is 22.3 Å². The van der Waals surface area contributed by atoms with Gasteiger partial charge in [0.25, 0.3) is 0 Å². The fraction of sp³-hybridized carbons (Fsp3) is 0.0175. The predicted molar refractivity (Wildman–Crippen MR) is 247 cm³/mol. The molecule has 0 aliphatic heterocycles. The average molecular weight is 749 g/mol. The summed E-state index contributed by atoms with van der Waals surface area (Å²) in [7, 11) is 0. The molecule has 2 heteroatoms. The van der Waals surface area contributed by atoms with Gasteiger partial charge >= 0.3 is 0 Å². The van der Waals surface area contributed by atoms with Gasteiger partial charge in [-0.2, -0.15) is 0 Å². The van der Waals surface area contributed by atoms with Gasteiger partial charge < -0.3 is 9.47 Å². The van der Waals surface area contributed by atoms with Gasteiger partial charge in [-0.05, 0) is 127 Å². The smallest absolute Gasteiger partial charge is 0.0737 e. The third kappa shape index (κ3) is 4.35. The van der Waals surface area contributed by atoms with Crippen molar-refractivity contribution in [3.05, 3.63) is 241 Å². The average Bonchev–Trinajstić information content (AvgIpc) is 3.91. The van der Waals surface area contributed by atoms with Gasteiger partial charge in [-0.25, -0.2) is 0 Å². The summed E-state index contributed by atoms with van der Waals surface area (Å²) in [5.74, 6) is 0. The van der Waals surface area contributed by atoms with E-state index >= 15 is 0 Å². The van der Waals surface area contributed by atoms with E-state index in [-0.39, 0.29) is 0 Å². The monoisotopic (exact) mass is 748 g/mol. The number of anilines is 3. The number of hydrogen-bond donors (Lipinski definition) is 0. The van der Waals surface area contributed by atoms with Crippen LogP contribution in [0.4, 0.5) is 17.1 Å². The first-order valence-electron chi connectivity index (χ1n) is 20.5. The molecule has 0 atom stereocenters. The summed E-state index contributed by atoms with van der Waals surface area (Å²) in [5, 5.41) is 7.57. The molecule has 10 aromatic carbocycles. The third-order valence-corrected chi connectivity index (χ3v) is 13.1. The molecule has 11 aromatic rings. The van der Waals surface area contributed by atoms with Crippen LogP contribution >= 0.6 is 0 Å². The fourth-order valence-corrected chi connectivity index (χ4v) is 10.9. The van der Waals surface area contributed by atoms with E-state index in [1.54, 1.807) is 0 Å². The van der Waals surface area contributed by atoms with Crippen LogP contribution in [-0.4, -0.2) is 4.57 Å². The first kappa shape index (κ1) is 32.4. The maximum Gasteiger partial charge on any atom is 0.0737 e. The van der Waals surface area contributed by atoms with Crippen molar-refractivity contribution in [2.45, 2.75) is 5.41 Å².